The number of benzene rings is 1. The summed E-state index contributed by atoms with van der Waals surface area (Å²) in [6.45, 7) is 3.65. The molecule has 2 atom stereocenters. The molecule has 6 heteroatoms. The molecule has 0 aliphatic carbocycles. The van der Waals surface area contributed by atoms with Gasteiger partial charge in [-0.05, 0) is 32.0 Å². The Kier molecular flexibility index (Phi) is 5.32. The van der Waals surface area contributed by atoms with Gasteiger partial charge in [-0.2, -0.15) is 0 Å². The highest BCUT2D eigenvalue weighted by Gasteiger charge is 2.25. The van der Waals surface area contributed by atoms with E-state index in [1.807, 2.05) is 0 Å². The van der Waals surface area contributed by atoms with E-state index < -0.39 is 23.2 Å². The molecule has 104 valence electrons. The molecule has 0 amide bonds. The second-order valence-corrected chi connectivity index (χ2v) is 4.56. The fourth-order valence-corrected chi connectivity index (χ4v) is 1.71. The van der Waals surface area contributed by atoms with Crippen LogP contribution in [0.1, 0.15) is 35.9 Å². The van der Waals surface area contributed by atoms with Crippen LogP contribution in [0.2, 0.25) is 0 Å². The molecule has 1 aromatic carbocycles. The molecule has 19 heavy (non-hydrogen) atoms. The smallest absolute Gasteiger partial charge is 0.337 e. The third-order valence-corrected chi connectivity index (χ3v) is 2.69. The van der Waals surface area contributed by atoms with Crippen LogP contribution in [0.25, 0.3) is 0 Å². The molecular weight excluding hydrogens is 272 g/mol. The van der Waals surface area contributed by atoms with Crippen molar-refractivity contribution in [1.82, 2.24) is 0 Å². The molecule has 0 saturated heterocycles. The van der Waals surface area contributed by atoms with E-state index in [4.69, 9.17) is 21.4 Å². The summed E-state index contributed by atoms with van der Waals surface area (Å²) in [6.07, 6.45) is -1.80. The molecule has 1 aromatic rings. The van der Waals surface area contributed by atoms with Crippen LogP contribution >= 0.6 is 11.6 Å². The zero-order chi connectivity index (χ0) is 14.6. The van der Waals surface area contributed by atoms with Crippen LogP contribution in [-0.4, -0.2) is 33.9 Å². The summed E-state index contributed by atoms with van der Waals surface area (Å²) in [5, 5.41) is 17.7. The van der Waals surface area contributed by atoms with E-state index in [0.29, 0.717) is 12.4 Å². The van der Waals surface area contributed by atoms with Crippen molar-refractivity contribution in [3.05, 3.63) is 29.3 Å². The number of carboxylic acid groups (broad SMARTS) is 1. The van der Waals surface area contributed by atoms with Gasteiger partial charge in [0.2, 0.25) is 0 Å². The van der Waals surface area contributed by atoms with Crippen LogP contribution < -0.4 is 4.74 Å². The van der Waals surface area contributed by atoms with Gasteiger partial charge < -0.3 is 14.9 Å². The number of aliphatic hydroxyl groups excluding tert-OH is 1. The summed E-state index contributed by atoms with van der Waals surface area (Å²) in [6, 6.07) is 4.29. The fourth-order valence-electron chi connectivity index (χ4n) is 1.60. The van der Waals surface area contributed by atoms with Crippen LogP contribution in [0, 0.1) is 0 Å². The SMILES string of the molecule is CCOc1ccc(C(=O)C(C)Cl)c(C(O)C(=O)O)c1. The van der Waals surface area contributed by atoms with Crippen LogP contribution in [0.4, 0.5) is 0 Å². The summed E-state index contributed by atoms with van der Waals surface area (Å²) < 4.78 is 5.22. The van der Waals surface area contributed by atoms with Crippen molar-refractivity contribution >= 4 is 23.4 Å². The fraction of sp³-hybridized carbons (Fsp3) is 0.385. The first-order valence-electron chi connectivity index (χ1n) is 5.74. The molecule has 0 spiro atoms. The molecule has 0 heterocycles. The lowest BCUT2D eigenvalue weighted by atomic mass is 9.97. The van der Waals surface area contributed by atoms with Crippen molar-refractivity contribution < 1.29 is 24.5 Å². The first-order valence-corrected chi connectivity index (χ1v) is 6.18. The lowest BCUT2D eigenvalue weighted by Crippen LogP contribution is -2.19. The Morgan fingerprint density at radius 3 is 2.53 bits per heavy atom. The van der Waals surface area contributed by atoms with Gasteiger partial charge in [0.15, 0.2) is 11.9 Å². The van der Waals surface area contributed by atoms with Crippen molar-refractivity contribution in [1.29, 1.82) is 0 Å². The monoisotopic (exact) mass is 286 g/mol. The van der Waals surface area contributed by atoms with E-state index in [1.54, 1.807) is 6.92 Å². The van der Waals surface area contributed by atoms with Crippen molar-refractivity contribution in [3.63, 3.8) is 0 Å². The number of ether oxygens (including phenoxy) is 1. The third-order valence-electron chi connectivity index (χ3n) is 2.49. The van der Waals surface area contributed by atoms with Gasteiger partial charge in [-0.1, -0.05) is 0 Å². The minimum Gasteiger partial charge on any atom is -0.494 e. The highest BCUT2D eigenvalue weighted by Crippen LogP contribution is 2.26. The molecule has 0 aliphatic rings. The van der Waals surface area contributed by atoms with Gasteiger partial charge in [0.1, 0.15) is 5.75 Å². The first-order chi connectivity index (χ1) is 8.88. The average Bonchev–Trinajstić information content (AvgIpc) is 2.37. The molecule has 1 rings (SSSR count). The Balaban J connectivity index is 3.30. The van der Waals surface area contributed by atoms with E-state index in [9.17, 15) is 14.7 Å². The maximum Gasteiger partial charge on any atom is 0.337 e. The van der Waals surface area contributed by atoms with Gasteiger partial charge in [-0.3, -0.25) is 4.79 Å². The normalized spacial score (nSPS) is 13.7. The minimum atomic E-state index is -1.80. The Morgan fingerprint density at radius 1 is 1.42 bits per heavy atom. The van der Waals surface area contributed by atoms with E-state index in [-0.39, 0.29) is 11.1 Å². The molecule has 0 bridgehead atoms. The number of Topliss-reactive ketones (excluding diaryl/α,β-unsaturated/α-hetero) is 1. The number of carbonyl (C=O) groups excluding carboxylic acids is 1. The number of hydrogen-bond donors (Lipinski definition) is 2. The second kappa shape index (κ2) is 6.54. The van der Waals surface area contributed by atoms with E-state index >= 15 is 0 Å². The highest BCUT2D eigenvalue weighted by molar-refractivity contribution is 6.33. The zero-order valence-electron chi connectivity index (χ0n) is 10.6. The Bertz CT molecular complexity index is 484. The number of carbonyl (C=O) groups is 2. The molecule has 0 aromatic heterocycles. The quantitative estimate of drug-likeness (QED) is 0.617. The van der Waals surface area contributed by atoms with Crippen LogP contribution in [0.3, 0.4) is 0 Å². The van der Waals surface area contributed by atoms with Gasteiger partial charge in [0, 0.05) is 11.1 Å². The van der Waals surface area contributed by atoms with Crippen molar-refractivity contribution in [3.8, 4) is 5.75 Å². The summed E-state index contributed by atoms with van der Waals surface area (Å²) >= 11 is 5.71. The van der Waals surface area contributed by atoms with E-state index in [2.05, 4.69) is 0 Å². The first kappa shape index (κ1) is 15.5. The standard InChI is InChI=1S/C13H15ClO5/c1-3-19-8-4-5-9(11(15)7(2)14)10(6-8)12(16)13(17)18/h4-7,12,16H,3H2,1-2H3,(H,17,18). The predicted molar refractivity (Wildman–Crippen MR) is 69.9 cm³/mol. The topological polar surface area (TPSA) is 83.8 Å². The predicted octanol–water partition coefficient (Wildman–Crippen LogP) is 2.01. The van der Waals surface area contributed by atoms with E-state index in [0.717, 1.165) is 0 Å². The average molecular weight is 287 g/mol. The Morgan fingerprint density at radius 2 is 2.05 bits per heavy atom. The summed E-state index contributed by atoms with van der Waals surface area (Å²) in [4.78, 5) is 22.8. The third kappa shape index (κ3) is 3.68. The Labute approximate surface area is 115 Å². The van der Waals surface area contributed by atoms with Gasteiger partial charge in [0.05, 0.1) is 12.0 Å². The lowest BCUT2D eigenvalue weighted by molar-refractivity contribution is -0.146. The van der Waals surface area contributed by atoms with Crippen molar-refractivity contribution in [2.24, 2.45) is 0 Å². The molecule has 2 N–H and O–H groups in total. The number of ketones is 1. The maximum atomic E-state index is 11.9. The van der Waals surface area contributed by atoms with Gasteiger partial charge in [-0.15, -0.1) is 11.6 Å². The number of hydrogen-bond acceptors (Lipinski definition) is 4. The molecule has 0 aliphatic heterocycles. The van der Waals surface area contributed by atoms with Gasteiger partial charge >= 0.3 is 5.97 Å². The van der Waals surface area contributed by atoms with Crippen LogP contribution in [0.5, 0.6) is 5.75 Å². The molecule has 5 nitrogen and oxygen atoms in total. The summed E-state index contributed by atoms with van der Waals surface area (Å²) in [5.74, 6) is -1.50. The van der Waals surface area contributed by atoms with Gasteiger partial charge in [-0.25, -0.2) is 4.79 Å². The number of carboxylic acids is 1. The molecule has 0 radical (unpaired) electrons. The molecule has 0 saturated carbocycles. The highest BCUT2D eigenvalue weighted by atomic mass is 35.5. The zero-order valence-corrected chi connectivity index (χ0v) is 11.3. The summed E-state index contributed by atoms with van der Waals surface area (Å²) in [7, 11) is 0. The maximum absolute atomic E-state index is 11.9. The number of aliphatic hydroxyl groups is 1. The van der Waals surface area contributed by atoms with E-state index in [1.165, 1.54) is 25.1 Å². The second-order valence-electron chi connectivity index (χ2n) is 3.90. The molecular formula is C13H15ClO5. The summed E-state index contributed by atoms with van der Waals surface area (Å²) in [5.41, 5.74) is 0.0665. The number of aliphatic carboxylic acids is 1. The largest absolute Gasteiger partial charge is 0.494 e. The Hall–Kier alpha value is -1.59. The number of halogens is 1. The van der Waals surface area contributed by atoms with Crippen molar-refractivity contribution in [2.75, 3.05) is 6.61 Å². The number of rotatable bonds is 6. The molecule has 2 unspecified atom stereocenters. The van der Waals surface area contributed by atoms with Crippen LogP contribution in [0.15, 0.2) is 18.2 Å². The van der Waals surface area contributed by atoms with Crippen LogP contribution in [-0.2, 0) is 4.79 Å². The minimum absolute atomic E-state index is 0.0176. The lowest BCUT2D eigenvalue weighted by Gasteiger charge is -2.14. The van der Waals surface area contributed by atoms with Crippen molar-refractivity contribution in [2.45, 2.75) is 25.3 Å². The molecule has 0 fully saturated rings. The van der Waals surface area contributed by atoms with Gasteiger partial charge in [0.25, 0.3) is 0 Å². The number of alkyl halides is 1.